The number of hydrogen-bond donors (Lipinski definition) is 1. The van der Waals surface area contributed by atoms with E-state index in [2.05, 4.69) is 5.32 Å². The Labute approximate surface area is 156 Å². The van der Waals surface area contributed by atoms with E-state index < -0.39 is 22.0 Å². The molecule has 2 aromatic rings. The third-order valence-corrected chi connectivity index (χ3v) is 5.08. The van der Waals surface area contributed by atoms with Crippen LogP contribution in [0, 0.1) is 0 Å². The van der Waals surface area contributed by atoms with Gasteiger partial charge in [0, 0.05) is 0 Å². The van der Waals surface area contributed by atoms with E-state index in [1.807, 2.05) is 36.4 Å². The Morgan fingerprint density at radius 1 is 1.04 bits per heavy atom. The number of ether oxygens (including phenoxy) is 2. The predicted octanol–water partition coefficient (Wildman–Crippen LogP) is -0.522. The molecule has 2 heterocycles. The summed E-state index contributed by atoms with van der Waals surface area (Å²) < 4.78 is 21.4. The molecule has 2 aromatic carbocycles. The van der Waals surface area contributed by atoms with E-state index >= 15 is 0 Å². The Hall–Kier alpha value is -2.42. The summed E-state index contributed by atoms with van der Waals surface area (Å²) in [6.45, 7) is 0.816. The van der Waals surface area contributed by atoms with Gasteiger partial charge in [0.15, 0.2) is 11.5 Å². The van der Waals surface area contributed by atoms with Crippen molar-refractivity contribution < 1.29 is 42.4 Å². The second-order valence-corrected chi connectivity index (χ2v) is 6.73. The van der Waals surface area contributed by atoms with Crippen LogP contribution < -0.4 is 43.0 Å². The summed E-state index contributed by atoms with van der Waals surface area (Å²) in [5.74, 6) is 2.91. The van der Waals surface area contributed by atoms with Gasteiger partial charge in [-0.1, -0.05) is 0 Å². The Morgan fingerprint density at radius 3 is 2.84 bits per heavy atom. The molecule has 25 heavy (non-hydrogen) atoms. The van der Waals surface area contributed by atoms with Gasteiger partial charge in [0.2, 0.25) is 6.79 Å². The summed E-state index contributed by atoms with van der Waals surface area (Å²) in [6.07, 6.45) is 4.01. The fraction of sp³-hybridized carbons (Fsp3) is 0.167. The van der Waals surface area contributed by atoms with Crippen LogP contribution in [0.3, 0.4) is 0 Å². The molecular weight excluding hydrogens is 437 g/mol. The van der Waals surface area contributed by atoms with Crippen molar-refractivity contribution in [1.29, 1.82) is 0 Å². The van der Waals surface area contributed by atoms with Crippen molar-refractivity contribution >= 4 is 12.0 Å². The molecule has 0 unspecified atom stereocenters. The maximum atomic E-state index is 11.9. The quantitative estimate of drug-likeness (QED) is 0.489. The topological polar surface area (TPSA) is 66.0 Å². The number of rotatable bonds is 5. The molecule has 0 aliphatic carbocycles. The monoisotopic (exact) mass is 452 g/mol. The van der Waals surface area contributed by atoms with E-state index in [-0.39, 0.29) is 12.7 Å². The number of carbonyl (C=O) groups is 1. The minimum atomic E-state index is -0.676. The van der Waals surface area contributed by atoms with E-state index in [4.69, 9.17) is 15.6 Å². The Kier molecular flexibility index (Phi) is 4.64. The predicted molar refractivity (Wildman–Crippen MR) is 86.0 cm³/mol. The molecule has 0 fully saturated rings. The summed E-state index contributed by atoms with van der Waals surface area (Å²) in [7, 11) is 0. The summed E-state index contributed by atoms with van der Waals surface area (Å²) in [5.41, 5.74) is 1.99. The molecule has 2 aliphatic heterocycles. The molecule has 0 saturated heterocycles. The van der Waals surface area contributed by atoms with E-state index in [0.717, 1.165) is 40.5 Å². The average Bonchev–Trinajstić information content (AvgIpc) is 3.28. The van der Waals surface area contributed by atoms with Gasteiger partial charge in [-0.2, -0.15) is 0 Å². The first-order valence-corrected chi connectivity index (χ1v) is 9.51. The van der Waals surface area contributed by atoms with Gasteiger partial charge in [-0.15, -0.1) is 0 Å². The molecule has 0 atom stereocenters. The molecule has 7 heteroatoms. The van der Waals surface area contributed by atoms with Crippen LogP contribution in [-0.2, 0) is 11.2 Å². The summed E-state index contributed by atoms with van der Waals surface area (Å²) >= 11 is -0.676. The summed E-state index contributed by atoms with van der Waals surface area (Å²) in [4.78, 5) is 11.9. The molecule has 0 aromatic heterocycles. The molecule has 0 spiro atoms. The van der Waals surface area contributed by atoms with Gasteiger partial charge in [0.1, 0.15) is 0 Å². The zero-order chi connectivity index (χ0) is 17.1. The van der Waals surface area contributed by atoms with E-state index in [1.165, 1.54) is 6.08 Å². The zero-order valence-corrected chi connectivity index (χ0v) is 15.3. The molecule has 0 radical (unpaired) electrons. The Balaban J connectivity index is 1.27. The third kappa shape index (κ3) is 3.81. The number of amides is 1. The number of halogens is 1. The molecule has 1 amide bonds. The van der Waals surface area contributed by atoms with Gasteiger partial charge in [-0.05, 0) is 6.07 Å². The van der Waals surface area contributed by atoms with E-state index in [0.29, 0.717) is 6.54 Å². The minimum absolute atomic E-state index is 0.133. The van der Waals surface area contributed by atoms with E-state index in [1.54, 1.807) is 6.08 Å². The van der Waals surface area contributed by atoms with Gasteiger partial charge >= 0.3 is 122 Å². The van der Waals surface area contributed by atoms with Crippen molar-refractivity contribution in [2.24, 2.45) is 0 Å². The van der Waals surface area contributed by atoms with Gasteiger partial charge < -0.3 is 9.47 Å². The Bertz CT molecular complexity index is 836. The second kappa shape index (κ2) is 7.22. The molecule has 4 rings (SSSR count). The van der Waals surface area contributed by atoms with Crippen molar-refractivity contribution in [2.75, 3.05) is 13.3 Å². The number of hydrogen-bond acceptors (Lipinski definition) is 5. The van der Waals surface area contributed by atoms with Gasteiger partial charge in [-0.25, -0.2) is 0 Å². The number of fused-ring (bicyclic) bond motifs is 2. The van der Waals surface area contributed by atoms with Gasteiger partial charge in [-0.3, -0.25) is 0 Å². The average molecular weight is 452 g/mol. The molecule has 130 valence electrons. The van der Waals surface area contributed by atoms with Crippen LogP contribution in [0.2, 0.25) is 0 Å². The van der Waals surface area contributed by atoms with Crippen LogP contribution in [0.15, 0.2) is 42.5 Å². The van der Waals surface area contributed by atoms with Crippen LogP contribution in [0.5, 0.6) is 23.0 Å². The number of carbonyl (C=O) groups excluding carboxylic acids is 1. The van der Waals surface area contributed by atoms with Crippen LogP contribution in [0.4, 0.5) is 0 Å². The van der Waals surface area contributed by atoms with Crippen molar-refractivity contribution in [3.63, 3.8) is 0 Å². The fourth-order valence-corrected chi connectivity index (χ4v) is 3.68. The van der Waals surface area contributed by atoms with Crippen molar-refractivity contribution in [3.05, 3.63) is 53.6 Å². The van der Waals surface area contributed by atoms with Crippen LogP contribution in [-0.4, -0.2) is 19.2 Å². The maximum absolute atomic E-state index is 11.9. The molecule has 2 aliphatic rings. The minimum Gasteiger partial charge on any atom is -0.454 e. The van der Waals surface area contributed by atoms with Gasteiger partial charge in [0.25, 0.3) is 0 Å². The third-order valence-electron chi connectivity index (χ3n) is 3.77. The molecule has 1 N–H and O–H groups in total. The number of benzene rings is 2. The van der Waals surface area contributed by atoms with Crippen LogP contribution in [0.1, 0.15) is 11.1 Å². The fourth-order valence-electron chi connectivity index (χ4n) is 2.49. The zero-order valence-electron chi connectivity index (χ0n) is 13.2. The SMILES string of the molecule is O=C(/C=C/c1ccc2c(c1)O[I-]O2)NCCc1ccc2c(c1)OCO2. The molecule has 0 saturated carbocycles. The first-order chi connectivity index (χ1) is 12.3. The molecular formula is C18H15INO5-. The first kappa shape index (κ1) is 16.1. The summed E-state index contributed by atoms with van der Waals surface area (Å²) in [5, 5.41) is 2.87. The summed E-state index contributed by atoms with van der Waals surface area (Å²) in [6, 6.07) is 11.4. The van der Waals surface area contributed by atoms with Crippen LogP contribution in [0.25, 0.3) is 6.08 Å². The van der Waals surface area contributed by atoms with Gasteiger partial charge in [0.05, 0.1) is 0 Å². The van der Waals surface area contributed by atoms with Crippen LogP contribution >= 0.6 is 0 Å². The van der Waals surface area contributed by atoms with Crippen molar-refractivity contribution in [3.8, 4) is 23.0 Å². The molecule has 6 nitrogen and oxygen atoms in total. The molecule has 0 bridgehead atoms. The normalized spacial score (nSPS) is 14.4. The van der Waals surface area contributed by atoms with Crippen molar-refractivity contribution in [1.82, 2.24) is 5.32 Å². The van der Waals surface area contributed by atoms with E-state index in [9.17, 15) is 4.79 Å². The standard InChI is InChI=1S/C18H15INO5/c21-18(6-3-12-2-5-15-17(10-12)25-19-24-15)20-8-7-13-1-4-14-16(9-13)23-11-22-14/h1-6,9-10H,7-8,11H2,(H,20,21)/q-1/b6-3+. The Morgan fingerprint density at radius 2 is 1.88 bits per heavy atom. The number of nitrogens with one attached hydrogen (secondary N) is 1. The van der Waals surface area contributed by atoms with Crippen molar-refractivity contribution in [2.45, 2.75) is 6.42 Å². The smallest absolute Gasteiger partial charge is 0.454 e. The second-order valence-electron chi connectivity index (χ2n) is 5.49. The first-order valence-electron chi connectivity index (χ1n) is 7.75.